The van der Waals surface area contributed by atoms with E-state index in [4.69, 9.17) is 27.1 Å². The average Bonchev–Trinajstić information content (AvgIpc) is 2.91. The van der Waals surface area contributed by atoms with Crippen LogP contribution in [-0.2, 0) is 10.0 Å². The SMILES string of the molecule is COc1nc(NS(=O)(=O)c2ccccc2Cl)c(F)cc1-c1cc(C)c2nc(N[C@H]3CC[C@@H](N)CC3)ncc2c1. The number of nitrogens with one attached hydrogen (secondary N) is 2. The van der Waals surface area contributed by atoms with Gasteiger partial charge in [-0.05, 0) is 74.1 Å². The standard InChI is InChI=1S/C27H28ClFN6O3S/c1-15-11-16(12-17-14-31-27(33-24(15)17)32-19-9-7-18(30)8-10-19)20-13-22(29)25(34-26(20)38-2)35-39(36,37)23-6-4-3-5-21(23)28/h3-6,11-14,18-19H,7-10,30H2,1-2H3,(H,34,35)(H,31,32,33)/t18-,19+. The van der Waals surface area contributed by atoms with Gasteiger partial charge in [0.25, 0.3) is 10.0 Å². The molecule has 0 unspecified atom stereocenters. The number of rotatable bonds is 7. The van der Waals surface area contributed by atoms with E-state index < -0.39 is 21.7 Å². The first-order chi connectivity index (χ1) is 18.6. The third-order valence-electron chi connectivity index (χ3n) is 6.78. The summed E-state index contributed by atoms with van der Waals surface area (Å²) in [6.45, 7) is 1.91. The number of methoxy groups -OCH3 is 1. The van der Waals surface area contributed by atoms with Crippen LogP contribution in [-0.4, -0.2) is 42.6 Å². The molecule has 4 N–H and O–H groups in total. The fourth-order valence-corrected chi connectivity index (χ4v) is 6.28. The highest BCUT2D eigenvalue weighted by Gasteiger charge is 2.23. The third kappa shape index (κ3) is 5.75. The lowest BCUT2D eigenvalue weighted by molar-refractivity contribution is 0.398. The predicted octanol–water partition coefficient (Wildman–Crippen LogP) is 5.28. The normalized spacial score (nSPS) is 17.7. The van der Waals surface area contributed by atoms with Gasteiger partial charge < -0.3 is 15.8 Å². The second kappa shape index (κ2) is 10.9. The number of benzene rings is 2. The number of fused-ring (bicyclic) bond motifs is 1. The van der Waals surface area contributed by atoms with Crippen molar-refractivity contribution in [2.24, 2.45) is 5.73 Å². The number of aryl methyl sites for hydroxylation is 1. The van der Waals surface area contributed by atoms with Crippen molar-refractivity contribution in [3.63, 3.8) is 0 Å². The lowest BCUT2D eigenvalue weighted by Crippen LogP contribution is -2.33. The fraction of sp³-hybridized carbons (Fsp3) is 0.296. The molecule has 0 bridgehead atoms. The van der Waals surface area contributed by atoms with Crippen LogP contribution in [0.5, 0.6) is 5.88 Å². The van der Waals surface area contributed by atoms with E-state index in [-0.39, 0.29) is 27.9 Å². The van der Waals surface area contributed by atoms with Crippen molar-refractivity contribution >= 4 is 44.3 Å². The molecular formula is C27H28ClFN6O3S. The summed E-state index contributed by atoms with van der Waals surface area (Å²) < 4.78 is 48.4. The number of nitrogens with two attached hydrogens (primary N) is 1. The summed E-state index contributed by atoms with van der Waals surface area (Å²) in [5.74, 6) is -0.779. The number of hydrogen-bond donors (Lipinski definition) is 3. The number of ether oxygens (including phenoxy) is 1. The first-order valence-corrected chi connectivity index (χ1v) is 14.3. The molecule has 5 rings (SSSR count). The van der Waals surface area contributed by atoms with Crippen molar-refractivity contribution in [3.05, 3.63) is 65.1 Å². The summed E-state index contributed by atoms with van der Waals surface area (Å²) in [4.78, 5) is 13.1. The minimum atomic E-state index is -4.19. The monoisotopic (exact) mass is 570 g/mol. The van der Waals surface area contributed by atoms with Crippen LogP contribution < -0.4 is 20.5 Å². The van der Waals surface area contributed by atoms with Crippen LogP contribution in [0.15, 0.2) is 53.6 Å². The minimum absolute atomic E-state index is 0.00384. The maximum absolute atomic E-state index is 15.2. The van der Waals surface area contributed by atoms with Gasteiger partial charge in [-0.1, -0.05) is 23.7 Å². The molecule has 204 valence electrons. The first kappa shape index (κ1) is 27.0. The summed E-state index contributed by atoms with van der Waals surface area (Å²) in [7, 11) is -2.81. The Morgan fingerprint density at radius 1 is 1.10 bits per heavy atom. The van der Waals surface area contributed by atoms with Crippen LogP contribution in [0, 0.1) is 12.7 Å². The van der Waals surface area contributed by atoms with E-state index in [0.29, 0.717) is 17.1 Å². The molecule has 2 aromatic carbocycles. The molecule has 0 atom stereocenters. The van der Waals surface area contributed by atoms with E-state index in [1.807, 2.05) is 19.1 Å². The lowest BCUT2D eigenvalue weighted by Gasteiger charge is -2.26. The van der Waals surface area contributed by atoms with E-state index in [2.05, 4.69) is 20.0 Å². The summed E-state index contributed by atoms with van der Waals surface area (Å²) in [5.41, 5.74) is 8.59. The lowest BCUT2D eigenvalue weighted by atomic mass is 9.92. The Morgan fingerprint density at radius 3 is 2.56 bits per heavy atom. The maximum Gasteiger partial charge on any atom is 0.264 e. The van der Waals surface area contributed by atoms with E-state index in [0.717, 1.165) is 42.1 Å². The number of pyridine rings is 1. The Bertz CT molecular complexity index is 1640. The molecule has 0 amide bonds. The molecule has 0 spiro atoms. The zero-order valence-electron chi connectivity index (χ0n) is 21.4. The quantitative estimate of drug-likeness (QED) is 0.273. The van der Waals surface area contributed by atoms with Crippen LogP contribution >= 0.6 is 11.6 Å². The van der Waals surface area contributed by atoms with Crippen molar-refractivity contribution in [1.29, 1.82) is 0 Å². The smallest absolute Gasteiger partial charge is 0.264 e. The molecule has 9 nitrogen and oxygen atoms in total. The van der Waals surface area contributed by atoms with Gasteiger partial charge in [0.05, 0.1) is 17.6 Å². The molecular weight excluding hydrogens is 543 g/mol. The molecule has 2 heterocycles. The summed E-state index contributed by atoms with van der Waals surface area (Å²) in [6.07, 6.45) is 5.62. The molecule has 12 heteroatoms. The Kier molecular flexibility index (Phi) is 7.57. The summed E-state index contributed by atoms with van der Waals surface area (Å²) >= 11 is 6.03. The number of halogens is 2. The number of hydrogen-bond acceptors (Lipinski definition) is 8. The van der Waals surface area contributed by atoms with Gasteiger partial charge in [-0.2, -0.15) is 4.98 Å². The Morgan fingerprint density at radius 2 is 1.85 bits per heavy atom. The molecule has 1 fully saturated rings. The molecule has 0 radical (unpaired) electrons. The van der Waals surface area contributed by atoms with Crippen molar-refractivity contribution in [3.8, 4) is 17.0 Å². The number of nitrogens with zero attached hydrogens (tertiary/aromatic N) is 3. The number of anilines is 2. The Labute approximate surface area is 231 Å². The topological polar surface area (TPSA) is 132 Å². The molecule has 1 saturated carbocycles. The largest absolute Gasteiger partial charge is 0.480 e. The molecule has 2 aromatic heterocycles. The van der Waals surface area contributed by atoms with Gasteiger partial charge in [-0.25, -0.2) is 22.8 Å². The van der Waals surface area contributed by atoms with Crippen LogP contribution in [0.4, 0.5) is 16.2 Å². The molecule has 1 aliphatic rings. The second-order valence-electron chi connectivity index (χ2n) is 9.59. The zero-order valence-corrected chi connectivity index (χ0v) is 23.0. The van der Waals surface area contributed by atoms with Gasteiger partial charge >= 0.3 is 0 Å². The van der Waals surface area contributed by atoms with Crippen molar-refractivity contribution in [2.45, 2.75) is 49.6 Å². The fourth-order valence-electron chi connectivity index (χ4n) is 4.75. The molecule has 0 aliphatic heterocycles. The average molecular weight is 571 g/mol. The highest BCUT2D eigenvalue weighted by Crippen LogP contribution is 2.35. The Hall–Kier alpha value is -3.54. The van der Waals surface area contributed by atoms with Gasteiger partial charge in [-0.15, -0.1) is 0 Å². The van der Waals surface area contributed by atoms with Crippen molar-refractivity contribution in [1.82, 2.24) is 15.0 Å². The molecule has 39 heavy (non-hydrogen) atoms. The van der Waals surface area contributed by atoms with E-state index in [1.165, 1.54) is 31.4 Å². The van der Waals surface area contributed by atoms with Crippen LogP contribution in [0.3, 0.4) is 0 Å². The third-order valence-corrected chi connectivity index (χ3v) is 8.62. The number of aromatic nitrogens is 3. The molecule has 1 aliphatic carbocycles. The predicted molar refractivity (Wildman–Crippen MR) is 150 cm³/mol. The van der Waals surface area contributed by atoms with Crippen LogP contribution in [0.1, 0.15) is 31.2 Å². The van der Waals surface area contributed by atoms with Gasteiger partial charge in [0, 0.05) is 29.2 Å². The van der Waals surface area contributed by atoms with Crippen molar-refractivity contribution < 1.29 is 17.5 Å². The van der Waals surface area contributed by atoms with Crippen LogP contribution in [0.25, 0.3) is 22.0 Å². The van der Waals surface area contributed by atoms with Gasteiger partial charge in [0.2, 0.25) is 11.8 Å². The van der Waals surface area contributed by atoms with Gasteiger partial charge in [-0.3, -0.25) is 4.72 Å². The molecule has 0 saturated heterocycles. The van der Waals surface area contributed by atoms with Gasteiger partial charge in [0.15, 0.2) is 11.6 Å². The zero-order chi connectivity index (χ0) is 27.7. The molecule has 4 aromatic rings. The second-order valence-corrected chi connectivity index (χ2v) is 11.7. The highest BCUT2D eigenvalue weighted by atomic mass is 35.5. The number of sulfonamides is 1. The highest BCUT2D eigenvalue weighted by molar-refractivity contribution is 7.92. The maximum atomic E-state index is 15.2. The van der Waals surface area contributed by atoms with Crippen molar-refractivity contribution in [2.75, 3.05) is 17.1 Å². The Balaban J connectivity index is 1.45. The van der Waals surface area contributed by atoms with E-state index in [1.54, 1.807) is 12.3 Å². The van der Waals surface area contributed by atoms with Crippen LogP contribution in [0.2, 0.25) is 5.02 Å². The van der Waals surface area contributed by atoms with E-state index in [9.17, 15) is 8.42 Å². The summed E-state index contributed by atoms with van der Waals surface area (Å²) in [6, 6.07) is 11.3. The van der Waals surface area contributed by atoms with E-state index >= 15 is 4.39 Å². The minimum Gasteiger partial charge on any atom is -0.480 e. The summed E-state index contributed by atoms with van der Waals surface area (Å²) in [5, 5.41) is 4.17. The van der Waals surface area contributed by atoms with Gasteiger partial charge in [0.1, 0.15) is 4.90 Å². The first-order valence-electron chi connectivity index (χ1n) is 12.5.